The first-order valence-corrected chi connectivity index (χ1v) is 8.41. The van der Waals surface area contributed by atoms with E-state index in [9.17, 15) is 4.79 Å². The van der Waals surface area contributed by atoms with Gasteiger partial charge in [0, 0.05) is 18.2 Å². The zero-order chi connectivity index (χ0) is 19.0. The van der Waals surface area contributed by atoms with Gasteiger partial charge in [0.2, 0.25) is 11.5 Å². The van der Waals surface area contributed by atoms with Crippen molar-refractivity contribution in [1.29, 1.82) is 0 Å². The van der Waals surface area contributed by atoms with E-state index in [-0.39, 0.29) is 5.91 Å². The number of anilines is 1. The zero-order valence-electron chi connectivity index (χ0n) is 15.1. The fourth-order valence-electron chi connectivity index (χ4n) is 2.94. The van der Waals surface area contributed by atoms with Crippen LogP contribution in [-0.4, -0.2) is 34.3 Å². The molecule has 3 aromatic rings. The number of rotatable bonds is 4. The molecule has 0 spiro atoms. The van der Waals surface area contributed by atoms with Gasteiger partial charge >= 0.3 is 0 Å². The first kappa shape index (κ1) is 17.0. The third-order valence-corrected chi connectivity index (χ3v) is 4.34. The Labute approximate surface area is 155 Å². The number of benzene rings is 1. The number of pyridine rings is 1. The van der Waals surface area contributed by atoms with Crippen LogP contribution < -0.4 is 10.1 Å². The molecule has 1 aromatic carbocycles. The molecule has 1 N–H and O–H groups in total. The Hall–Kier alpha value is -3.42. The molecule has 0 aliphatic carbocycles. The quantitative estimate of drug-likeness (QED) is 0.760. The van der Waals surface area contributed by atoms with Gasteiger partial charge in [-0.2, -0.15) is 4.98 Å². The molecule has 1 amide bonds. The van der Waals surface area contributed by atoms with Gasteiger partial charge in [-0.3, -0.25) is 4.79 Å². The van der Waals surface area contributed by atoms with Gasteiger partial charge in [-0.05, 0) is 44.2 Å². The minimum absolute atomic E-state index is 0.308. The summed E-state index contributed by atoms with van der Waals surface area (Å²) >= 11 is 0. The van der Waals surface area contributed by atoms with Crippen LogP contribution in [0.3, 0.4) is 0 Å². The van der Waals surface area contributed by atoms with E-state index in [1.54, 1.807) is 43.5 Å². The number of ether oxygens (including phenoxy) is 1. The van der Waals surface area contributed by atoms with Crippen molar-refractivity contribution in [2.75, 3.05) is 12.4 Å². The lowest BCUT2D eigenvalue weighted by atomic mass is 9.99. The molecule has 8 heteroatoms. The number of hydrogen-bond donors (Lipinski definition) is 1. The SMILES string of the molecule is COc1ccc(-c2nc3ncccc3o2)cc1NC(=O)C1(C)CC(C)=NO1. The summed E-state index contributed by atoms with van der Waals surface area (Å²) in [6.07, 6.45) is 2.08. The Balaban J connectivity index is 1.66. The summed E-state index contributed by atoms with van der Waals surface area (Å²) in [4.78, 5) is 26.6. The molecule has 8 nitrogen and oxygen atoms in total. The average molecular weight is 366 g/mol. The summed E-state index contributed by atoms with van der Waals surface area (Å²) in [5, 5.41) is 6.74. The van der Waals surface area contributed by atoms with Gasteiger partial charge in [0.05, 0.1) is 18.5 Å². The second-order valence-corrected chi connectivity index (χ2v) is 6.54. The van der Waals surface area contributed by atoms with Crippen molar-refractivity contribution in [1.82, 2.24) is 9.97 Å². The number of nitrogens with zero attached hydrogens (tertiary/aromatic N) is 3. The van der Waals surface area contributed by atoms with Crippen LogP contribution >= 0.6 is 0 Å². The van der Waals surface area contributed by atoms with Crippen LogP contribution in [0.25, 0.3) is 22.7 Å². The Morgan fingerprint density at radius 1 is 1.33 bits per heavy atom. The molecule has 1 atom stereocenters. The van der Waals surface area contributed by atoms with E-state index >= 15 is 0 Å². The Morgan fingerprint density at radius 3 is 2.89 bits per heavy atom. The van der Waals surface area contributed by atoms with E-state index in [1.807, 2.05) is 6.92 Å². The number of nitrogens with one attached hydrogen (secondary N) is 1. The largest absolute Gasteiger partial charge is 0.495 e. The topological polar surface area (TPSA) is 98.8 Å². The van der Waals surface area contributed by atoms with Crippen molar-refractivity contribution >= 4 is 28.5 Å². The molecular weight excluding hydrogens is 348 g/mol. The van der Waals surface area contributed by atoms with Crippen molar-refractivity contribution in [2.45, 2.75) is 25.9 Å². The fraction of sp³-hybridized carbons (Fsp3) is 0.263. The van der Waals surface area contributed by atoms with E-state index in [0.29, 0.717) is 40.5 Å². The van der Waals surface area contributed by atoms with Gasteiger partial charge in [-0.15, -0.1) is 0 Å². The van der Waals surface area contributed by atoms with E-state index in [4.69, 9.17) is 14.0 Å². The van der Waals surface area contributed by atoms with Gasteiger partial charge in [0.15, 0.2) is 11.2 Å². The van der Waals surface area contributed by atoms with Crippen molar-refractivity contribution in [3.05, 3.63) is 36.5 Å². The molecular formula is C19H18N4O4. The van der Waals surface area contributed by atoms with E-state index in [1.165, 1.54) is 7.11 Å². The molecule has 0 radical (unpaired) electrons. The van der Waals surface area contributed by atoms with Crippen LogP contribution in [0.1, 0.15) is 20.3 Å². The third kappa shape index (κ3) is 3.10. The Bertz CT molecular complexity index is 1030. The number of aromatic nitrogens is 2. The number of amides is 1. The summed E-state index contributed by atoms with van der Waals surface area (Å²) in [5.41, 5.74) is 2.01. The van der Waals surface area contributed by atoms with Gasteiger partial charge in [0.25, 0.3) is 5.91 Å². The smallest absolute Gasteiger partial charge is 0.271 e. The fourth-order valence-corrected chi connectivity index (χ4v) is 2.94. The molecule has 1 aliphatic rings. The van der Waals surface area contributed by atoms with Gasteiger partial charge in [0.1, 0.15) is 5.75 Å². The highest BCUT2D eigenvalue weighted by Gasteiger charge is 2.41. The minimum atomic E-state index is -1.05. The highest BCUT2D eigenvalue weighted by Crippen LogP contribution is 2.33. The number of fused-ring (bicyclic) bond motifs is 1. The monoisotopic (exact) mass is 366 g/mol. The van der Waals surface area contributed by atoms with Crippen molar-refractivity contribution in [3.63, 3.8) is 0 Å². The number of carbonyl (C=O) groups is 1. The molecule has 0 bridgehead atoms. The van der Waals surface area contributed by atoms with Crippen molar-refractivity contribution < 1.29 is 18.8 Å². The maximum Gasteiger partial charge on any atom is 0.271 e. The molecule has 27 heavy (non-hydrogen) atoms. The molecule has 0 saturated carbocycles. The molecule has 1 unspecified atom stereocenters. The summed E-state index contributed by atoms with van der Waals surface area (Å²) in [5.74, 6) is 0.614. The maximum absolute atomic E-state index is 12.7. The number of oxime groups is 1. The predicted molar refractivity (Wildman–Crippen MR) is 99.6 cm³/mol. The van der Waals surface area contributed by atoms with Crippen LogP contribution in [-0.2, 0) is 9.63 Å². The van der Waals surface area contributed by atoms with E-state index in [2.05, 4.69) is 20.4 Å². The van der Waals surface area contributed by atoms with Crippen LogP contribution in [0.2, 0.25) is 0 Å². The minimum Gasteiger partial charge on any atom is -0.495 e. The molecule has 0 fully saturated rings. The summed E-state index contributed by atoms with van der Waals surface area (Å²) in [7, 11) is 1.54. The summed E-state index contributed by atoms with van der Waals surface area (Å²) in [6, 6.07) is 8.87. The van der Waals surface area contributed by atoms with Gasteiger partial charge < -0.3 is 19.3 Å². The number of oxazole rings is 1. The maximum atomic E-state index is 12.7. The predicted octanol–water partition coefficient (Wildman–Crippen LogP) is 3.39. The number of hydrogen-bond acceptors (Lipinski definition) is 7. The average Bonchev–Trinajstić information content (AvgIpc) is 3.25. The third-order valence-electron chi connectivity index (χ3n) is 4.34. The van der Waals surface area contributed by atoms with Crippen LogP contribution in [0.5, 0.6) is 5.75 Å². The molecule has 4 rings (SSSR count). The van der Waals surface area contributed by atoms with Crippen molar-refractivity contribution in [3.8, 4) is 17.2 Å². The lowest BCUT2D eigenvalue weighted by Gasteiger charge is -2.21. The van der Waals surface area contributed by atoms with Crippen LogP contribution in [0.4, 0.5) is 5.69 Å². The van der Waals surface area contributed by atoms with Crippen molar-refractivity contribution in [2.24, 2.45) is 5.16 Å². The summed E-state index contributed by atoms with van der Waals surface area (Å²) in [6.45, 7) is 3.52. The highest BCUT2D eigenvalue weighted by atomic mass is 16.7. The molecule has 138 valence electrons. The van der Waals surface area contributed by atoms with E-state index in [0.717, 1.165) is 5.71 Å². The van der Waals surface area contributed by atoms with Crippen LogP contribution in [0.15, 0.2) is 46.1 Å². The lowest BCUT2D eigenvalue weighted by Crippen LogP contribution is -2.40. The Morgan fingerprint density at radius 2 is 2.19 bits per heavy atom. The number of carbonyl (C=O) groups excluding carboxylic acids is 1. The van der Waals surface area contributed by atoms with E-state index < -0.39 is 5.60 Å². The van der Waals surface area contributed by atoms with Gasteiger partial charge in [-0.1, -0.05) is 5.16 Å². The molecule has 2 aromatic heterocycles. The molecule has 0 saturated heterocycles. The standard InChI is InChI=1S/C19H18N4O4/c1-11-10-19(2,27-23-11)18(24)21-13-9-12(6-7-14(13)25-3)17-22-16-15(26-17)5-4-8-20-16/h4-9H,10H2,1-3H3,(H,21,24). The highest BCUT2D eigenvalue weighted by molar-refractivity contribution is 6.02. The molecule has 1 aliphatic heterocycles. The first-order valence-electron chi connectivity index (χ1n) is 8.41. The number of methoxy groups -OCH3 is 1. The van der Waals surface area contributed by atoms with Crippen LogP contribution in [0, 0.1) is 0 Å². The summed E-state index contributed by atoms with van der Waals surface area (Å²) < 4.78 is 11.1. The lowest BCUT2D eigenvalue weighted by molar-refractivity contribution is -0.135. The normalized spacial score (nSPS) is 18.9. The van der Waals surface area contributed by atoms with Gasteiger partial charge in [-0.25, -0.2) is 4.98 Å². The Kier molecular flexibility index (Phi) is 4.02. The second-order valence-electron chi connectivity index (χ2n) is 6.54. The zero-order valence-corrected chi connectivity index (χ0v) is 15.1. The molecule has 3 heterocycles. The second kappa shape index (κ2) is 6.39. The first-order chi connectivity index (χ1) is 13.0.